The third-order valence-corrected chi connectivity index (χ3v) is 3.76. The van der Waals surface area contributed by atoms with E-state index in [9.17, 15) is 9.18 Å². The van der Waals surface area contributed by atoms with Crippen molar-refractivity contribution in [1.29, 1.82) is 0 Å². The first-order valence-electron chi connectivity index (χ1n) is 5.35. The molecule has 2 rings (SSSR count). The van der Waals surface area contributed by atoms with E-state index in [1.54, 1.807) is 32.0 Å². The summed E-state index contributed by atoms with van der Waals surface area (Å²) in [5.74, 6) is -0.744. The lowest BCUT2D eigenvalue weighted by atomic mass is 10.1. The van der Waals surface area contributed by atoms with Crippen LogP contribution in [0, 0.1) is 19.7 Å². The summed E-state index contributed by atoms with van der Waals surface area (Å²) in [4.78, 5) is 16.1. The Labute approximate surface area is 108 Å². The minimum atomic E-state index is -0.440. The number of aromatic nitrogens is 1. The predicted octanol–water partition coefficient (Wildman–Crippen LogP) is 3.35. The molecule has 0 aliphatic carbocycles. The van der Waals surface area contributed by atoms with Crippen molar-refractivity contribution in [2.75, 3.05) is 7.11 Å². The molecule has 0 saturated carbocycles. The molecule has 18 heavy (non-hydrogen) atoms. The molecule has 0 spiro atoms. The normalized spacial score (nSPS) is 10.4. The van der Waals surface area contributed by atoms with Crippen LogP contribution in [0.4, 0.5) is 4.39 Å². The van der Waals surface area contributed by atoms with Crippen molar-refractivity contribution in [2.45, 2.75) is 13.8 Å². The molecule has 0 saturated heterocycles. The van der Waals surface area contributed by atoms with Gasteiger partial charge in [-0.3, -0.25) is 0 Å². The zero-order chi connectivity index (χ0) is 13.3. The van der Waals surface area contributed by atoms with E-state index in [4.69, 9.17) is 0 Å². The minimum absolute atomic E-state index is 0.303. The molecule has 0 radical (unpaired) electrons. The number of hydrogen-bond acceptors (Lipinski definition) is 4. The Morgan fingerprint density at radius 1 is 1.39 bits per heavy atom. The zero-order valence-corrected chi connectivity index (χ0v) is 11.1. The Morgan fingerprint density at radius 2 is 2.11 bits per heavy atom. The molecular formula is C13H12FNO2S. The Balaban J connectivity index is 2.53. The third-order valence-electron chi connectivity index (χ3n) is 2.59. The first-order valence-corrected chi connectivity index (χ1v) is 6.17. The minimum Gasteiger partial charge on any atom is -0.465 e. The summed E-state index contributed by atoms with van der Waals surface area (Å²) in [7, 11) is 1.31. The number of hydrogen-bond donors (Lipinski definition) is 0. The van der Waals surface area contributed by atoms with Crippen LogP contribution in [0.2, 0.25) is 0 Å². The summed E-state index contributed by atoms with van der Waals surface area (Å²) in [5.41, 5.74) is 1.53. The average Bonchev–Trinajstić information content (AvgIpc) is 2.73. The van der Waals surface area contributed by atoms with Crippen molar-refractivity contribution in [3.8, 4) is 10.6 Å². The van der Waals surface area contributed by atoms with Crippen molar-refractivity contribution in [3.63, 3.8) is 0 Å². The summed E-state index contributed by atoms with van der Waals surface area (Å²) >= 11 is 1.14. The molecule has 0 amide bonds. The molecule has 1 aromatic carbocycles. The van der Waals surface area contributed by atoms with Crippen LogP contribution in [0.1, 0.15) is 20.9 Å². The maximum Gasteiger partial charge on any atom is 0.349 e. The molecule has 0 unspecified atom stereocenters. The number of esters is 1. The van der Waals surface area contributed by atoms with Gasteiger partial charge in [0.05, 0.1) is 12.8 Å². The Kier molecular flexibility index (Phi) is 3.43. The standard InChI is InChI=1S/C13H12FNO2S/c1-7-5-4-6-9(10(7)14)12-15-8(2)11(18-12)13(16)17-3/h4-6H,1-3H3. The van der Waals surface area contributed by atoms with Gasteiger partial charge in [-0.2, -0.15) is 0 Å². The summed E-state index contributed by atoms with van der Waals surface area (Å²) in [6.45, 7) is 3.40. The fourth-order valence-electron chi connectivity index (χ4n) is 1.61. The lowest BCUT2D eigenvalue weighted by Crippen LogP contribution is -1.99. The highest BCUT2D eigenvalue weighted by Gasteiger charge is 2.18. The molecule has 0 fully saturated rings. The molecular weight excluding hydrogens is 253 g/mol. The number of carbonyl (C=O) groups is 1. The second-order valence-electron chi connectivity index (χ2n) is 3.86. The third kappa shape index (κ3) is 2.13. The van der Waals surface area contributed by atoms with Crippen molar-refractivity contribution in [1.82, 2.24) is 4.98 Å². The second kappa shape index (κ2) is 4.86. The van der Waals surface area contributed by atoms with E-state index in [0.717, 1.165) is 11.3 Å². The molecule has 3 nitrogen and oxygen atoms in total. The van der Waals surface area contributed by atoms with Crippen molar-refractivity contribution in [2.24, 2.45) is 0 Å². The molecule has 1 heterocycles. The molecule has 0 aliphatic heterocycles. The number of ether oxygens (including phenoxy) is 1. The van der Waals surface area contributed by atoms with Gasteiger partial charge in [-0.15, -0.1) is 11.3 Å². The van der Waals surface area contributed by atoms with E-state index < -0.39 is 5.97 Å². The van der Waals surface area contributed by atoms with Crippen LogP contribution in [0.15, 0.2) is 18.2 Å². The number of carbonyl (C=O) groups excluding carboxylic acids is 1. The van der Waals surface area contributed by atoms with Gasteiger partial charge in [-0.1, -0.05) is 12.1 Å². The van der Waals surface area contributed by atoms with Gasteiger partial charge in [0.15, 0.2) is 0 Å². The number of aryl methyl sites for hydroxylation is 2. The predicted molar refractivity (Wildman–Crippen MR) is 68.3 cm³/mol. The monoisotopic (exact) mass is 265 g/mol. The van der Waals surface area contributed by atoms with Gasteiger partial charge in [-0.05, 0) is 25.5 Å². The number of rotatable bonds is 2. The van der Waals surface area contributed by atoms with Gasteiger partial charge in [0, 0.05) is 5.56 Å². The maximum atomic E-state index is 14.0. The van der Waals surface area contributed by atoms with Crippen molar-refractivity contribution < 1.29 is 13.9 Å². The first-order chi connectivity index (χ1) is 8.54. The Hall–Kier alpha value is -1.75. The summed E-state index contributed by atoms with van der Waals surface area (Å²) in [6, 6.07) is 5.12. The summed E-state index contributed by atoms with van der Waals surface area (Å²) in [5, 5.41) is 0.495. The van der Waals surface area contributed by atoms with Crippen LogP contribution in [0.25, 0.3) is 10.6 Å². The van der Waals surface area contributed by atoms with Crippen LogP contribution < -0.4 is 0 Å². The highest BCUT2D eigenvalue weighted by molar-refractivity contribution is 7.17. The molecule has 1 aromatic heterocycles. The highest BCUT2D eigenvalue weighted by atomic mass is 32.1. The summed E-state index contributed by atoms with van der Waals surface area (Å²) in [6.07, 6.45) is 0. The van der Waals surface area contributed by atoms with Crippen LogP contribution in [-0.2, 0) is 4.74 Å². The highest BCUT2D eigenvalue weighted by Crippen LogP contribution is 2.31. The Bertz CT molecular complexity index is 607. The fraction of sp³-hybridized carbons (Fsp3) is 0.231. The van der Waals surface area contributed by atoms with E-state index in [1.807, 2.05) is 0 Å². The molecule has 0 atom stereocenters. The molecule has 5 heteroatoms. The largest absolute Gasteiger partial charge is 0.465 e. The summed E-state index contributed by atoms with van der Waals surface area (Å²) < 4.78 is 18.6. The first kappa shape index (κ1) is 12.7. The van der Waals surface area contributed by atoms with E-state index >= 15 is 0 Å². The number of benzene rings is 1. The average molecular weight is 265 g/mol. The topological polar surface area (TPSA) is 39.2 Å². The van der Waals surface area contributed by atoms with Gasteiger partial charge in [0.1, 0.15) is 15.7 Å². The van der Waals surface area contributed by atoms with Gasteiger partial charge in [0.25, 0.3) is 0 Å². The van der Waals surface area contributed by atoms with Crippen molar-refractivity contribution in [3.05, 3.63) is 40.2 Å². The molecule has 0 aliphatic rings. The lowest BCUT2D eigenvalue weighted by Gasteiger charge is -2.01. The van der Waals surface area contributed by atoms with Crippen LogP contribution >= 0.6 is 11.3 Å². The van der Waals surface area contributed by atoms with Crippen LogP contribution in [0.5, 0.6) is 0 Å². The SMILES string of the molecule is COC(=O)c1sc(-c2cccc(C)c2F)nc1C. The van der Waals surface area contributed by atoms with E-state index in [1.165, 1.54) is 7.11 Å². The van der Waals surface area contributed by atoms with E-state index in [0.29, 0.717) is 26.7 Å². The fourth-order valence-corrected chi connectivity index (χ4v) is 2.61. The van der Waals surface area contributed by atoms with Crippen LogP contribution in [0.3, 0.4) is 0 Å². The quantitative estimate of drug-likeness (QED) is 0.782. The molecule has 94 valence electrons. The van der Waals surface area contributed by atoms with Gasteiger partial charge >= 0.3 is 5.97 Å². The van der Waals surface area contributed by atoms with E-state index in [-0.39, 0.29) is 5.82 Å². The maximum absolute atomic E-state index is 14.0. The van der Waals surface area contributed by atoms with Gasteiger partial charge in [0.2, 0.25) is 0 Å². The lowest BCUT2D eigenvalue weighted by molar-refractivity contribution is 0.0605. The number of thiazole rings is 1. The number of halogens is 1. The molecule has 2 aromatic rings. The zero-order valence-electron chi connectivity index (χ0n) is 10.3. The van der Waals surface area contributed by atoms with Gasteiger partial charge in [-0.25, -0.2) is 14.2 Å². The Morgan fingerprint density at radius 3 is 2.78 bits per heavy atom. The molecule has 0 bridgehead atoms. The van der Waals surface area contributed by atoms with E-state index in [2.05, 4.69) is 9.72 Å². The smallest absolute Gasteiger partial charge is 0.349 e. The van der Waals surface area contributed by atoms with Crippen LogP contribution in [-0.4, -0.2) is 18.1 Å². The van der Waals surface area contributed by atoms with Gasteiger partial charge < -0.3 is 4.74 Å². The number of nitrogens with zero attached hydrogens (tertiary/aromatic N) is 1. The molecule has 0 N–H and O–H groups in total. The van der Waals surface area contributed by atoms with Crippen molar-refractivity contribution >= 4 is 17.3 Å². The number of methoxy groups -OCH3 is 1. The second-order valence-corrected chi connectivity index (χ2v) is 4.86.